The van der Waals surface area contributed by atoms with Gasteiger partial charge in [0.05, 0.1) is 13.2 Å². The van der Waals surface area contributed by atoms with Crippen LogP contribution in [0.5, 0.6) is 5.75 Å². The van der Waals surface area contributed by atoms with Crippen LogP contribution in [0.4, 0.5) is 4.39 Å². The number of halogens is 1. The van der Waals surface area contributed by atoms with Crippen LogP contribution >= 0.6 is 11.8 Å². The van der Waals surface area contributed by atoms with Gasteiger partial charge in [0.1, 0.15) is 17.6 Å². The lowest BCUT2D eigenvalue weighted by Gasteiger charge is -2.37. The first kappa shape index (κ1) is 21.2. The summed E-state index contributed by atoms with van der Waals surface area (Å²) in [5.41, 5.74) is 0.934. The Morgan fingerprint density at radius 3 is 2.38 bits per heavy atom. The van der Waals surface area contributed by atoms with Crippen LogP contribution in [-0.4, -0.2) is 54.7 Å². The zero-order chi connectivity index (χ0) is 20.6. The summed E-state index contributed by atoms with van der Waals surface area (Å²) < 4.78 is 18.1. The number of rotatable bonds is 7. The molecule has 2 aromatic carbocycles. The number of methoxy groups -OCH3 is 1. The molecule has 1 amide bonds. The van der Waals surface area contributed by atoms with Crippen LogP contribution in [0.15, 0.2) is 53.4 Å². The van der Waals surface area contributed by atoms with E-state index < -0.39 is 0 Å². The molecule has 0 N–H and O–H groups in total. The number of ether oxygens (including phenoxy) is 1. The number of nitrogens with zero attached hydrogens (tertiary/aromatic N) is 3. The van der Waals surface area contributed by atoms with Crippen molar-refractivity contribution in [3.63, 3.8) is 0 Å². The first-order valence-corrected chi connectivity index (χ1v) is 10.5. The number of benzene rings is 2. The summed E-state index contributed by atoms with van der Waals surface area (Å²) >= 11 is 1.55. The van der Waals surface area contributed by atoms with Gasteiger partial charge in [0.2, 0.25) is 5.91 Å². The van der Waals surface area contributed by atoms with Crippen molar-refractivity contribution in [2.24, 2.45) is 0 Å². The van der Waals surface area contributed by atoms with Gasteiger partial charge in [0.25, 0.3) is 0 Å². The molecule has 0 radical (unpaired) electrons. The van der Waals surface area contributed by atoms with Gasteiger partial charge in [-0.15, -0.1) is 11.8 Å². The monoisotopic (exact) mass is 413 g/mol. The van der Waals surface area contributed by atoms with Crippen molar-refractivity contribution in [1.29, 1.82) is 5.26 Å². The average molecular weight is 414 g/mol. The normalized spacial score (nSPS) is 15.6. The molecular formula is C22H24FN3O2S. The van der Waals surface area contributed by atoms with Crippen LogP contribution in [0.3, 0.4) is 0 Å². The summed E-state index contributed by atoms with van der Waals surface area (Å²) in [6.07, 6.45) is 0.447. The van der Waals surface area contributed by atoms with E-state index in [4.69, 9.17) is 4.74 Å². The number of carbonyl (C=O) groups is 1. The van der Waals surface area contributed by atoms with Crippen molar-refractivity contribution < 1.29 is 13.9 Å². The Kier molecular flexibility index (Phi) is 7.50. The Bertz CT molecular complexity index is 844. The molecule has 0 spiro atoms. The topological polar surface area (TPSA) is 56.6 Å². The number of hydrogen-bond donors (Lipinski definition) is 0. The van der Waals surface area contributed by atoms with E-state index in [9.17, 15) is 14.4 Å². The van der Waals surface area contributed by atoms with E-state index in [0.29, 0.717) is 38.4 Å². The molecule has 1 unspecified atom stereocenters. The predicted octanol–water partition coefficient (Wildman–Crippen LogP) is 3.73. The number of amides is 1. The van der Waals surface area contributed by atoms with Crippen molar-refractivity contribution in [2.45, 2.75) is 17.4 Å². The minimum atomic E-state index is -0.327. The summed E-state index contributed by atoms with van der Waals surface area (Å²) in [5.74, 6) is 1.29. The van der Waals surface area contributed by atoms with Gasteiger partial charge in [-0.25, -0.2) is 4.39 Å². The van der Waals surface area contributed by atoms with E-state index in [0.717, 1.165) is 16.2 Å². The molecule has 1 heterocycles. The lowest BCUT2D eigenvalue weighted by molar-refractivity contribution is -0.132. The van der Waals surface area contributed by atoms with Gasteiger partial charge in [0, 0.05) is 43.2 Å². The number of piperazine rings is 1. The van der Waals surface area contributed by atoms with E-state index in [-0.39, 0.29) is 17.8 Å². The summed E-state index contributed by atoms with van der Waals surface area (Å²) in [7, 11) is 1.62. The summed E-state index contributed by atoms with van der Waals surface area (Å²) in [6, 6.07) is 15.9. The van der Waals surface area contributed by atoms with E-state index in [2.05, 4.69) is 11.0 Å². The predicted molar refractivity (Wildman–Crippen MR) is 111 cm³/mol. The van der Waals surface area contributed by atoms with Crippen LogP contribution in [-0.2, 0) is 4.79 Å². The molecule has 1 atom stereocenters. The van der Waals surface area contributed by atoms with Crippen molar-refractivity contribution >= 4 is 17.7 Å². The molecule has 29 heavy (non-hydrogen) atoms. The first-order valence-electron chi connectivity index (χ1n) is 9.54. The Morgan fingerprint density at radius 2 is 1.79 bits per heavy atom. The molecule has 0 aliphatic carbocycles. The number of thioether (sulfide) groups is 1. The Hall–Kier alpha value is -2.56. The fourth-order valence-corrected chi connectivity index (χ4v) is 4.17. The molecular weight excluding hydrogens is 389 g/mol. The van der Waals surface area contributed by atoms with Crippen LogP contribution in [0, 0.1) is 17.1 Å². The molecule has 3 rings (SSSR count). The van der Waals surface area contributed by atoms with Gasteiger partial charge in [-0.05, 0) is 42.0 Å². The molecule has 5 nitrogen and oxygen atoms in total. The van der Waals surface area contributed by atoms with Crippen molar-refractivity contribution in [1.82, 2.24) is 9.80 Å². The third kappa shape index (κ3) is 5.72. The van der Waals surface area contributed by atoms with Crippen LogP contribution in [0.25, 0.3) is 0 Å². The number of hydrogen-bond acceptors (Lipinski definition) is 5. The summed E-state index contributed by atoms with van der Waals surface area (Å²) in [4.78, 5) is 17.4. The highest BCUT2D eigenvalue weighted by Gasteiger charge is 2.26. The fourth-order valence-electron chi connectivity index (χ4n) is 3.33. The quantitative estimate of drug-likeness (QED) is 0.648. The van der Waals surface area contributed by atoms with Crippen LogP contribution in [0.2, 0.25) is 0 Å². The highest BCUT2D eigenvalue weighted by atomic mass is 32.2. The van der Waals surface area contributed by atoms with Crippen LogP contribution < -0.4 is 4.74 Å². The van der Waals surface area contributed by atoms with E-state index in [1.54, 1.807) is 31.0 Å². The smallest absolute Gasteiger partial charge is 0.223 e. The largest absolute Gasteiger partial charge is 0.497 e. The van der Waals surface area contributed by atoms with Crippen LogP contribution in [0.1, 0.15) is 18.0 Å². The van der Waals surface area contributed by atoms with Crippen molar-refractivity contribution in [3.05, 3.63) is 59.9 Å². The lowest BCUT2D eigenvalue weighted by atomic mass is 10.1. The minimum Gasteiger partial charge on any atom is -0.497 e. The van der Waals surface area contributed by atoms with E-state index in [1.165, 1.54) is 12.1 Å². The number of nitriles is 1. The van der Waals surface area contributed by atoms with Gasteiger partial charge < -0.3 is 9.64 Å². The molecule has 1 aliphatic rings. The highest BCUT2D eigenvalue weighted by molar-refractivity contribution is 7.99. The standard InChI is InChI=1S/C22H24FN3O2S/c1-28-19-6-2-17(3-7-19)21(16-24)25-11-13-26(14-12-25)22(27)10-15-29-20-8-4-18(23)5-9-20/h2-9,21H,10-15H2,1H3. The lowest BCUT2D eigenvalue weighted by Crippen LogP contribution is -2.49. The maximum atomic E-state index is 12.9. The molecule has 0 saturated carbocycles. The van der Waals surface area contributed by atoms with Gasteiger partial charge in [-0.3, -0.25) is 9.69 Å². The molecule has 1 aliphatic heterocycles. The third-order valence-corrected chi connectivity index (χ3v) is 6.00. The molecule has 1 fully saturated rings. The third-order valence-electron chi connectivity index (χ3n) is 4.98. The fraction of sp³-hybridized carbons (Fsp3) is 0.364. The van der Waals surface area contributed by atoms with Crippen molar-refractivity contribution in [2.75, 3.05) is 39.0 Å². The van der Waals surface area contributed by atoms with E-state index in [1.807, 2.05) is 29.2 Å². The maximum Gasteiger partial charge on any atom is 0.223 e. The highest BCUT2D eigenvalue weighted by Crippen LogP contribution is 2.24. The second-order valence-electron chi connectivity index (χ2n) is 6.77. The molecule has 0 aromatic heterocycles. The molecule has 7 heteroatoms. The van der Waals surface area contributed by atoms with Gasteiger partial charge in [0.15, 0.2) is 0 Å². The summed E-state index contributed by atoms with van der Waals surface area (Å²) in [6.45, 7) is 2.57. The second kappa shape index (κ2) is 10.3. The average Bonchev–Trinajstić information content (AvgIpc) is 2.76. The summed E-state index contributed by atoms with van der Waals surface area (Å²) in [5, 5.41) is 9.65. The first-order chi connectivity index (χ1) is 14.1. The Morgan fingerprint density at radius 1 is 1.14 bits per heavy atom. The SMILES string of the molecule is COc1ccc(C(C#N)N2CCN(C(=O)CCSc3ccc(F)cc3)CC2)cc1. The van der Waals surface area contributed by atoms with E-state index >= 15 is 0 Å². The van der Waals surface area contributed by atoms with Gasteiger partial charge >= 0.3 is 0 Å². The van der Waals surface area contributed by atoms with Crippen molar-refractivity contribution in [3.8, 4) is 11.8 Å². The Balaban J connectivity index is 1.46. The molecule has 152 valence electrons. The molecule has 2 aromatic rings. The number of carbonyl (C=O) groups excluding carboxylic acids is 1. The second-order valence-corrected chi connectivity index (χ2v) is 7.94. The minimum absolute atomic E-state index is 0.122. The zero-order valence-electron chi connectivity index (χ0n) is 16.4. The van der Waals surface area contributed by atoms with Gasteiger partial charge in [-0.1, -0.05) is 12.1 Å². The molecule has 0 bridgehead atoms. The maximum absolute atomic E-state index is 12.9. The molecule has 1 saturated heterocycles. The zero-order valence-corrected chi connectivity index (χ0v) is 17.2. The van der Waals surface area contributed by atoms with Gasteiger partial charge in [-0.2, -0.15) is 5.26 Å². The Labute approximate surface area is 175 Å².